The number of halogens is 1. The Hall–Kier alpha value is -0.860. The van der Waals surface area contributed by atoms with Crippen LogP contribution in [0, 0.1) is 0 Å². The molecule has 1 nitrogen and oxygen atoms in total. The molecule has 0 aliphatic heterocycles. The van der Waals surface area contributed by atoms with Gasteiger partial charge in [-0.1, -0.05) is 22.0 Å². The Morgan fingerprint density at radius 1 is 0.867 bits per heavy atom. The fourth-order valence-corrected chi connectivity index (χ4v) is 2.00. The summed E-state index contributed by atoms with van der Waals surface area (Å²) in [6, 6.07) is 13.0. The highest BCUT2D eigenvalue weighted by molar-refractivity contribution is 9.10. The van der Waals surface area contributed by atoms with Gasteiger partial charge >= 0.3 is 0 Å². The van der Waals surface area contributed by atoms with E-state index in [9.17, 15) is 0 Å². The SMILES string of the molecule is C[N+](C)(C)c1ccc2cc(Br)ccc2c1. The van der Waals surface area contributed by atoms with Crippen molar-refractivity contribution in [3.05, 3.63) is 40.9 Å². The Bertz CT molecular complexity index is 497. The summed E-state index contributed by atoms with van der Waals surface area (Å²) in [5.41, 5.74) is 1.32. The molecule has 0 heterocycles. The Morgan fingerprint density at radius 2 is 1.47 bits per heavy atom. The van der Waals surface area contributed by atoms with Crippen molar-refractivity contribution in [2.45, 2.75) is 0 Å². The van der Waals surface area contributed by atoms with E-state index in [-0.39, 0.29) is 0 Å². The molecule has 0 saturated heterocycles. The molecule has 15 heavy (non-hydrogen) atoms. The molecular formula is C13H15BrN+. The fraction of sp³-hybridized carbons (Fsp3) is 0.231. The third-order valence-electron chi connectivity index (χ3n) is 2.56. The number of hydrogen-bond acceptors (Lipinski definition) is 0. The maximum Gasteiger partial charge on any atom is 0.132 e. The summed E-state index contributed by atoms with van der Waals surface area (Å²) in [6.07, 6.45) is 0. The lowest BCUT2D eigenvalue weighted by atomic mass is 10.1. The zero-order valence-electron chi connectivity index (χ0n) is 9.29. The first-order valence-electron chi connectivity index (χ1n) is 4.98. The molecule has 0 amide bonds. The second-order valence-electron chi connectivity index (χ2n) is 4.69. The maximum absolute atomic E-state index is 3.49. The first-order valence-corrected chi connectivity index (χ1v) is 5.77. The molecule has 0 spiro atoms. The highest BCUT2D eigenvalue weighted by atomic mass is 79.9. The Kier molecular flexibility index (Phi) is 2.57. The van der Waals surface area contributed by atoms with Crippen molar-refractivity contribution in [3.8, 4) is 0 Å². The Labute approximate surface area is 99.0 Å². The van der Waals surface area contributed by atoms with Gasteiger partial charge in [-0.05, 0) is 35.0 Å². The van der Waals surface area contributed by atoms with Gasteiger partial charge in [-0.25, -0.2) is 0 Å². The fourth-order valence-electron chi connectivity index (χ4n) is 1.62. The monoisotopic (exact) mass is 264 g/mol. The van der Waals surface area contributed by atoms with Crippen molar-refractivity contribution >= 4 is 32.4 Å². The molecule has 0 aromatic heterocycles. The molecule has 2 rings (SSSR count). The molecule has 78 valence electrons. The quantitative estimate of drug-likeness (QED) is 0.688. The first-order chi connectivity index (χ1) is 6.97. The van der Waals surface area contributed by atoms with Crippen LogP contribution in [0.15, 0.2) is 40.9 Å². The van der Waals surface area contributed by atoms with E-state index in [1.54, 1.807) is 0 Å². The van der Waals surface area contributed by atoms with Crippen LogP contribution in [0.25, 0.3) is 10.8 Å². The van der Waals surface area contributed by atoms with E-state index in [0.29, 0.717) is 0 Å². The number of hydrogen-bond donors (Lipinski definition) is 0. The van der Waals surface area contributed by atoms with E-state index in [0.717, 1.165) is 8.96 Å². The Morgan fingerprint density at radius 3 is 2.13 bits per heavy atom. The second-order valence-corrected chi connectivity index (χ2v) is 5.60. The minimum atomic E-state index is 0.853. The third-order valence-corrected chi connectivity index (χ3v) is 3.05. The van der Waals surface area contributed by atoms with Gasteiger partial charge in [-0.2, -0.15) is 0 Å². The number of benzene rings is 2. The molecule has 2 aromatic carbocycles. The lowest BCUT2D eigenvalue weighted by molar-refractivity contribution is 0.487. The lowest BCUT2D eigenvalue weighted by Crippen LogP contribution is -2.34. The van der Waals surface area contributed by atoms with Crippen molar-refractivity contribution in [2.24, 2.45) is 0 Å². The van der Waals surface area contributed by atoms with E-state index in [1.807, 2.05) is 0 Å². The summed E-state index contributed by atoms with van der Waals surface area (Å²) in [7, 11) is 6.54. The topological polar surface area (TPSA) is 0 Å². The van der Waals surface area contributed by atoms with E-state index in [4.69, 9.17) is 0 Å². The molecule has 0 fully saturated rings. The van der Waals surface area contributed by atoms with Crippen molar-refractivity contribution in [1.29, 1.82) is 0 Å². The van der Waals surface area contributed by atoms with Crippen molar-refractivity contribution in [1.82, 2.24) is 4.48 Å². The predicted octanol–water partition coefficient (Wildman–Crippen LogP) is 3.80. The standard InChI is InChI=1S/C13H15BrN/c1-15(2,3)13-7-5-10-8-12(14)6-4-11(10)9-13/h4-9H,1-3H3/q+1. The zero-order valence-corrected chi connectivity index (χ0v) is 10.9. The van der Waals surface area contributed by atoms with Gasteiger partial charge in [0.15, 0.2) is 0 Å². The number of fused-ring (bicyclic) bond motifs is 1. The molecule has 0 N–H and O–H groups in total. The number of rotatable bonds is 1. The van der Waals surface area contributed by atoms with Gasteiger partial charge < -0.3 is 0 Å². The lowest BCUT2D eigenvalue weighted by Gasteiger charge is -2.23. The third kappa shape index (κ3) is 2.21. The molecule has 2 heteroatoms. The number of nitrogens with zero attached hydrogens (tertiary/aromatic N) is 1. The van der Waals surface area contributed by atoms with E-state index in [2.05, 4.69) is 73.5 Å². The van der Waals surface area contributed by atoms with Crippen LogP contribution in [0.3, 0.4) is 0 Å². The van der Waals surface area contributed by atoms with Gasteiger partial charge in [0.25, 0.3) is 0 Å². The summed E-state index contributed by atoms with van der Waals surface area (Å²) in [5.74, 6) is 0. The summed E-state index contributed by atoms with van der Waals surface area (Å²) in [5, 5.41) is 2.57. The molecule has 0 bridgehead atoms. The molecule has 0 unspecified atom stereocenters. The predicted molar refractivity (Wildman–Crippen MR) is 71.2 cm³/mol. The molecule has 0 radical (unpaired) electrons. The maximum atomic E-state index is 3.49. The van der Waals surface area contributed by atoms with E-state index in [1.165, 1.54) is 16.5 Å². The van der Waals surface area contributed by atoms with E-state index < -0.39 is 0 Å². The molecule has 0 atom stereocenters. The summed E-state index contributed by atoms with van der Waals surface area (Å²) < 4.78 is 1.99. The average molecular weight is 265 g/mol. The average Bonchev–Trinajstić information content (AvgIpc) is 2.15. The van der Waals surface area contributed by atoms with Crippen molar-refractivity contribution in [2.75, 3.05) is 21.1 Å². The highest BCUT2D eigenvalue weighted by Gasteiger charge is 2.11. The highest BCUT2D eigenvalue weighted by Crippen LogP contribution is 2.25. The largest absolute Gasteiger partial charge is 0.298 e. The zero-order chi connectivity index (χ0) is 11.1. The van der Waals surface area contributed by atoms with Gasteiger partial charge in [0.2, 0.25) is 0 Å². The second kappa shape index (κ2) is 3.62. The van der Waals surface area contributed by atoms with Crippen LogP contribution in [0.5, 0.6) is 0 Å². The van der Waals surface area contributed by atoms with Crippen LogP contribution >= 0.6 is 15.9 Å². The molecule has 0 aliphatic carbocycles. The minimum absolute atomic E-state index is 0.853. The van der Waals surface area contributed by atoms with Crippen molar-refractivity contribution < 1.29 is 0 Å². The van der Waals surface area contributed by atoms with Gasteiger partial charge in [-0.3, -0.25) is 4.48 Å². The van der Waals surface area contributed by atoms with Crippen molar-refractivity contribution in [3.63, 3.8) is 0 Å². The normalized spacial score (nSPS) is 12.0. The van der Waals surface area contributed by atoms with Crippen LogP contribution in [0.1, 0.15) is 0 Å². The van der Waals surface area contributed by atoms with Crippen LogP contribution in [-0.4, -0.2) is 21.1 Å². The summed E-state index contributed by atoms with van der Waals surface area (Å²) >= 11 is 3.49. The molecule has 0 aliphatic rings. The first kappa shape index (κ1) is 10.7. The van der Waals surface area contributed by atoms with Crippen LogP contribution in [0.4, 0.5) is 5.69 Å². The van der Waals surface area contributed by atoms with Gasteiger partial charge in [0.1, 0.15) is 5.69 Å². The van der Waals surface area contributed by atoms with Gasteiger partial charge in [0, 0.05) is 10.5 Å². The summed E-state index contributed by atoms with van der Waals surface area (Å²) in [4.78, 5) is 0. The van der Waals surface area contributed by atoms with E-state index >= 15 is 0 Å². The van der Waals surface area contributed by atoms with Crippen LogP contribution in [-0.2, 0) is 0 Å². The Balaban J connectivity index is 2.62. The molecule has 2 aromatic rings. The van der Waals surface area contributed by atoms with Gasteiger partial charge in [-0.15, -0.1) is 0 Å². The smallest absolute Gasteiger partial charge is 0.132 e. The molecule has 0 saturated carbocycles. The van der Waals surface area contributed by atoms with Crippen LogP contribution in [0.2, 0.25) is 0 Å². The van der Waals surface area contributed by atoms with Gasteiger partial charge in [0.05, 0.1) is 21.1 Å². The number of quaternary nitrogens is 1. The summed E-state index contributed by atoms with van der Waals surface area (Å²) in [6.45, 7) is 0. The minimum Gasteiger partial charge on any atom is -0.298 e. The van der Waals surface area contributed by atoms with Crippen LogP contribution < -0.4 is 4.48 Å². The molecular weight excluding hydrogens is 250 g/mol.